The van der Waals surface area contributed by atoms with Crippen LogP contribution in [0.5, 0.6) is 0 Å². The van der Waals surface area contributed by atoms with Gasteiger partial charge >= 0.3 is 0 Å². The van der Waals surface area contributed by atoms with Crippen molar-refractivity contribution in [2.45, 2.75) is 59.4 Å². The molecule has 2 rings (SSSR count). The number of hydrogen-bond donors (Lipinski definition) is 0. The third kappa shape index (κ3) is 1.44. The van der Waals surface area contributed by atoms with Crippen LogP contribution in [0.2, 0.25) is 19.6 Å². The molecule has 0 N–H and O–H groups in total. The Morgan fingerprint density at radius 2 is 1.81 bits per heavy atom. The first kappa shape index (κ1) is 12.3. The van der Waals surface area contributed by atoms with E-state index in [4.69, 9.17) is 4.43 Å². The summed E-state index contributed by atoms with van der Waals surface area (Å²) in [6.07, 6.45) is 2.10. The van der Waals surface area contributed by atoms with Gasteiger partial charge in [0, 0.05) is 5.41 Å². The largest absolute Gasteiger partial charge is 0.407 e. The molecule has 3 heteroatoms. The number of fused-ring (bicyclic) bond motifs is 2. The SMILES string of the molecule is CC1(C)[C@@H]2CC[C@@]1(C)C(=O)[C@@H]2O[Si](C)(C)C. The Kier molecular flexibility index (Phi) is 2.46. The Balaban J connectivity index is 2.30. The van der Waals surface area contributed by atoms with E-state index in [0.717, 1.165) is 12.8 Å². The molecule has 2 bridgehead atoms. The molecule has 0 amide bonds. The van der Waals surface area contributed by atoms with E-state index in [1.54, 1.807) is 0 Å². The second kappa shape index (κ2) is 3.20. The lowest BCUT2D eigenvalue weighted by molar-refractivity contribution is -0.134. The Morgan fingerprint density at radius 1 is 1.25 bits per heavy atom. The van der Waals surface area contributed by atoms with Crippen molar-refractivity contribution in [1.82, 2.24) is 0 Å². The molecule has 0 heterocycles. The van der Waals surface area contributed by atoms with Crippen molar-refractivity contribution in [3.63, 3.8) is 0 Å². The van der Waals surface area contributed by atoms with Gasteiger partial charge in [-0.15, -0.1) is 0 Å². The first-order valence-corrected chi connectivity index (χ1v) is 9.72. The van der Waals surface area contributed by atoms with Crippen LogP contribution in [0.1, 0.15) is 33.6 Å². The molecule has 0 saturated heterocycles. The third-order valence-corrected chi connectivity index (χ3v) is 5.91. The van der Waals surface area contributed by atoms with E-state index in [1.807, 2.05) is 0 Å². The molecular formula is C13H24O2Si. The molecule has 0 spiro atoms. The second-order valence-electron chi connectivity index (χ2n) is 7.21. The van der Waals surface area contributed by atoms with Crippen LogP contribution in [-0.2, 0) is 9.22 Å². The fourth-order valence-corrected chi connectivity index (χ4v) is 4.55. The Bertz CT molecular complexity index is 329. The van der Waals surface area contributed by atoms with E-state index >= 15 is 0 Å². The summed E-state index contributed by atoms with van der Waals surface area (Å²) < 4.78 is 6.14. The number of hydrogen-bond acceptors (Lipinski definition) is 2. The fourth-order valence-electron chi connectivity index (χ4n) is 3.52. The van der Waals surface area contributed by atoms with Gasteiger partial charge in [-0.25, -0.2) is 0 Å². The summed E-state index contributed by atoms with van der Waals surface area (Å²) in [5.74, 6) is 0.813. The summed E-state index contributed by atoms with van der Waals surface area (Å²) in [4.78, 5) is 12.5. The summed E-state index contributed by atoms with van der Waals surface area (Å²) >= 11 is 0. The van der Waals surface area contributed by atoms with Gasteiger partial charge in [-0.1, -0.05) is 20.8 Å². The first-order chi connectivity index (χ1) is 7.09. The van der Waals surface area contributed by atoms with Crippen molar-refractivity contribution < 1.29 is 9.22 Å². The summed E-state index contributed by atoms with van der Waals surface area (Å²) in [5, 5.41) is 0. The molecule has 0 aromatic carbocycles. The standard InChI is InChI=1S/C13H24O2Si/c1-12(2)9-7-8-13(12,3)11(14)10(9)15-16(4,5)6/h9-10H,7-8H2,1-6H3/t9-,10-,13+/m1/s1. The Hall–Kier alpha value is -0.153. The monoisotopic (exact) mass is 240 g/mol. The Morgan fingerprint density at radius 3 is 2.19 bits per heavy atom. The molecule has 0 aromatic rings. The molecule has 3 atom stereocenters. The van der Waals surface area contributed by atoms with E-state index in [2.05, 4.69) is 40.4 Å². The molecule has 2 aliphatic rings. The van der Waals surface area contributed by atoms with Gasteiger partial charge in [-0.05, 0) is 43.8 Å². The lowest BCUT2D eigenvalue weighted by atomic mass is 9.70. The molecule has 92 valence electrons. The molecule has 2 saturated carbocycles. The van der Waals surface area contributed by atoms with Gasteiger partial charge in [0.15, 0.2) is 14.1 Å². The van der Waals surface area contributed by atoms with Gasteiger partial charge in [0.1, 0.15) is 6.10 Å². The molecule has 0 aromatic heterocycles. The van der Waals surface area contributed by atoms with Crippen LogP contribution in [0.3, 0.4) is 0 Å². The van der Waals surface area contributed by atoms with E-state index < -0.39 is 8.32 Å². The summed E-state index contributed by atoms with van der Waals surface area (Å²) in [6.45, 7) is 13.1. The zero-order valence-corrected chi connectivity index (χ0v) is 12.4. The lowest BCUT2D eigenvalue weighted by Crippen LogP contribution is -2.42. The quantitative estimate of drug-likeness (QED) is 0.693. The van der Waals surface area contributed by atoms with E-state index in [0.29, 0.717) is 11.7 Å². The molecule has 0 unspecified atom stereocenters. The number of rotatable bonds is 2. The molecular weight excluding hydrogens is 216 g/mol. The molecule has 2 fully saturated rings. The van der Waals surface area contributed by atoms with Gasteiger partial charge in [0.05, 0.1) is 0 Å². The minimum Gasteiger partial charge on any atom is -0.407 e. The average Bonchev–Trinajstić information content (AvgIpc) is 2.38. The van der Waals surface area contributed by atoms with Crippen molar-refractivity contribution in [1.29, 1.82) is 0 Å². The topological polar surface area (TPSA) is 26.3 Å². The normalized spacial score (nSPS) is 41.8. The predicted molar refractivity (Wildman–Crippen MR) is 67.8 cm³/mol. The number of carbonyl (C=O) groups excluding carboxylic acids is 1. The smallest absolute Gasteiger partial charge is 0.184 e. The second-order valence-corrected chi connectivity index (χ2v) is 11.7. The summed E-state index contributed by atoms with van der Waals surface area (Å²) in [6, 6.07) is 0. The number of Topliss-reactive ketones (excluding diaryl/α,β-unsaturated/α-hetero) is 1. The molecule has 16 heavy (non-hydrogen) atoms. The van der Waals surface area contributed by atoms with Crippen LogP contribution in [0.25, 0.3) is 0 Å². The van der Waals surface area contributed by atoms with Crippen LogP contribution in [0, 0.1) is 16.7 Å². The average molecular weight is 240 g/mol. The maximum Gasteiger partial charge on any atom is 0.184 e. The van der Waals surface area contributed by atoms with Crippen LogP contribution < -0.4 is 0 Å². The Labute approximate surface area is 99.9 Å². The van der Waals surface area contributed by atoms with Crippen LogP contribution in [0.4, 0.5) is 0 Å². The first-order valence-electron chi connectivity index (χ1n) is 6.32. The number of ketones is 1. The van der Waals surface area contributed by atoms with Crippen molar-refractivity contribution in [3.05, 3.63) is 0 Å². The molecule has 0 aliphatic heterocycles. The summed E-state index contributed by atoms with van der Waals surface area (Å²) in [5.41, 5.74) is -0.0175. The van der Waals surface area contributed by atoms with E-state index in [9.17, 15) is 4.79 Å². The fraction of sp³-hybridized carbons (Fsp3) is 0.923. The van der Waals surface area contributed by atoms with E-state index in [1.165, 1.54) is 0 Å². The van der Waals surface area contributed by atoms with Gasteiger partial charge in [-0.3, -0.25) is 4.79 Å². The molecule has 2 nitrogen and oxygen atoms in total. The molecule has 2 aliphatic carbocycles. The van der Waals surface area contributed by atoms with Gasteiger partial charge < -0.3 is 4.43 Å². The highest BCUT2D eigenvalue weighted by molar-refractivity contribution is 6.69. The summed E-state index contributed by atoms with van der Waals surface area (Å²) in [7, 11) is -1.62. The number of carbonyl (C=O) groups is 1. The predicted octanol–water partition coefficient (Wildman–Crippen LogP) is 3.23. The van der Waals surface area contributed by atoms with Gasteiger partial charge in [0.2, 0.25) is 0 Å². The molecule has 0 radical (unpaired) electrons. The zero-order chi connectivity index (χ0) is 12.4. The maximum atomic E-state index is 12.5. The third-order valence-electron chi connectivity index (χ3n) is 4.95. The van der Waals surface area contributed by atoms with Crippen molar-refractivity contribution in [2.75, 3.05) is 0 Å². The zero-order valence-electron chi connectivity index (χ0n) is 11.4. The van der Waals surface area contributed by atoms with E-state index in [-0.39, 0.29) is 16.9 Å². The highest BCUT2D eigenvalue weighted by Gasteiger charge is 2.67. The van der Waals surface area contributed by atoms with Crippen molar-refractivity contribution in [2.24, 2.45) is 16.7 Å². The lowest BCUT2D eigenvalue weighted by Gasteiger charge is -2.31. The van der Waals surface area contributed by atoms with Gasteiger partial charge in [0.25, 0.3) is 0 Å². The van der Waals surface area contributed by atoms with Crippen LogP contribution >= 0.6 is 0 Å². The highest BCUT2D eigenvalue weighted by atomic mass is 28.4. The van der Waals surface area contributed by atoms with Crippen LogP contribution in [0.15, 0.2) is 0 Å². The maximum absolute atomic E-state index is 12.5. The van der Waals surface area contributed by atoms with Crippen molar-refractivity contribution in [3.8, 4) is 0 Å². The van der Waals surface area contributed by atoms with Gasteiger partial charge in [-0.2, -0.15) is 0 Å². The minimum atomic E-state index is -1.62. The van der Waals surface area contributed by atoms with Crippen LogP contribution in [-0.4, -0.2) is 20.2 Å². The van der Waals surface area contributed by atoms with Crippen molar-refractivity contribution >= 4 is 14.1 Å². The highest BCUT2D eigenvalue weighted by Crippen LogP contribution is 2.64. The minimum absolute atomic E-state index is 0.111.